The van der Waals surface area contributed by atoms with Gasteiger partial charge in [0.2, 0.25) is 10.0 Å². The molecule has 1 fully saturated rings. The monoisotopic (exact) mass is 471 g/mol. The molecular formula is C27H41N3O2S. The van der Waals surface area contributed by atoms with Crippen molar-refractivity contribution in [2.24, 2.45) is 16.8 Å². The highest BCUT2D eigenvalue weighted by molar-refractivity contribution is 7.93. The smallest absolute Gasteiger partial charge is 0.240 e. The number of nitrogens with zero attached hydrogens (tertiary/aromatic N) is 3. The zero-order valence-corrected chi connectivity index (χ0v) is 22.0. The van der Waals surface area contributed by atoms with Crippen LogP contribution in [0.25, 0.3) is 0 Å². The summed E-state index contributed by atoms with van der Waals surface area (Å²) in [6.45, 7) is 13.8. The Labute approximate surface area is 201 Å². The van der Waals surface area contributed by atoms with Gasteiger partial charge in [0.15, 0.2) is 0 Å². The van der Waals surface area contributed by atoms with E-state index in [-0.39, 0.29) is 12.0 Å². The molecule has 0 spiro atoms. The molecule has 0 aliphatic carbocycles. The van der Waals surface area contributed by atoms with E-state index < -0.39 is 10.0 Å². The van der Waals surface area contributed by atoms with E-state index in [1.807, 2.05) is 24.2 Å². The molecule has 0 saturated carbocycles. The summed E-state index contributed by atoms with van der Waals surface area (Å²) in [6, 6.07) is 8.73. The molecule has 0 N–H and O–H groups in total. The van der Waals surface area contributed by atoms with Crippen molar-refractivity contribution in [2.45, 2.75) is 79.2 Å². The van der Waals surface area contributed by atoms with Crippen LogP contribution in [0.1, 0.15) is 78.7 Å². The first-order chi connectivity index (χ1) is 15.6. The van der Waals surface area contributed by atoms with Crippen LogP contribution < -0.4 is 0 Å². The lowest BCUT2D eigenvalue weighted by Gasteiger charge is -2.33. The lowest BCUT2D eigenvalue weighted by Crippen LogP contribution is -2.41. The summed E-state index contributed by atoms with van der Waals surface area (Å²) in [5.74, 6) is 0.824. The maximum atomic E-state index is 13.6. The van der Waals surface area contributed by atoms with Crippen molar-refractivity contribution in [2.75, 3.05) is 13.1 Å². The van der Waals surface area contributed by atoms with Gasteiger partial charge in [0.1, 0.15) is 0 Å². The summed E-state index contributed by atoms with van der Waals surface area (Å²) in [5, 5.41) is 0. The lowest BCUT2D eigenvalue weighted by atomic mass is 9.91. The fraction of sp³-hybridized carbons (Fsp3) is 0.593. The molecule has 1 saturated heterocycles. The van der Waals surface area contributed by atoms with Gasteiger partial charge in [-0.25, -0.2) is 8.42 Å². The van der Waals surface area contributed by atoms with Crippen molar-refractivity contribution < 1.29 is 8.42 Å². The van der Waals surface area contributed by atoms with Crippen LogP contribution in [0.15, 0.2) is 52.6 Å². The highest BCUT2D eigenvalue weighted by Gasteiger charge is 2.35. The van der Waals surface area contributed by atoms with Gasteiger partial charge in [-0.3, -0.25) is 4.99 Å². The molecule has 1 aromatic rings. The number of benzene rings is 1. The number of allylic oxidation sites excluding steroid dienone is 2. The van der Waals surface area contributed by atoms with E-state index >= 15 is 0 Å². The summed E-state index contributed by atoms with van der Waals surface area (Å²) in [6.07, 6.45) is 9.21. The Balaban J connectivity index is 1.72. The normalized spacial score (nSPS) is 21.6. The minimum atomic E-state index is -3.48. The number of hydrogen-bond donors (Lipinski definition) is 0. The van der Waals surface area contributed by atoms with Crippen LogP contribution in [-0.4, -0.2) is 42.5 Å². The number of sulfonamides is 1. The molecule has 2 aliphatic rings. The highest BCUT2D eigenvalue weighted by atomic mass is 32.2. The van der Waals surface area contributed by atoms with Gasteiger partial charge in [-0.15, -0.1) is 0 Å². The van der Waals surface area contributed by atoms with Crippen molar-refractivity contribution in [1.82, 2.24) is 9.21 Å². The van der Waals surface area contributed by atoms with Crippen molar-refractivity contribution >= 4 is 21.4 Å². The van der Waals surface area contributed by atoms with Crippen LogP contribution in [-0.2, 0) is 10.0 Å². The maximum Gasteiger partial charge on any atom is 0.240 e. The summed E-state index contributed by atoms with van der Waals surface area (Å²) in [5.41, 5.74) is 3.49. The first-order valence-electron chi connectivity index (χ1n) is 12.5. The van der Waals surface area contributed by atoms with E-state index in [1.165, 1.54) is 11.3 Å². The van der Waals surface area contributed by atoms with Crippen LogP contribution in [0.5, 0.6) is 0 Å². The molecule has 5 nitrogen and oxygen atoms in total. The molecule has 0 bridgehead atoms. The molecule has 2 heterocycles. The van der Waals surface area contributed by atoms with Crippen LogP contribution in [0.2, 0.25) is 0 Å². The maximum absolute atomic E-state index is 13.6. The zero-order chi connectivity index (χ0) is 24.2. The van der Waals surface area contributed by atoms with Gasteiger partial charge >= 0.3 is 0 Å². The second kappa shape index (κ2) is 11.0. The molecule has 33 heavy (non-hydrogen) atoms. The molecule has 2 aliphatic heterocycles. The quantitative estimate of drug-likeness (QED) is 0.430. The molecule has 0 radical (unpaired) electrons. The standard InChI is InChI=1S/C27H41N3O2S/c1-7-26(28-25-12-10-23(11-13-25)20(2)3)24-14-17-30(18-15-24)33(31,32)27-19-29(21(4)5)16-8-9-22(27)6/h8,10-13,16,19-22,24H,7,9,14-15,17-18H2,1-6H3. The van der Waals surface area contributed by atoms with Gasteiger partial charge in [0.05, 0.1) is 10.6 Å². The van der Waals surface area contributed by atoms with Gasteiger partial charge in [-0.05, 0) is 81.2 Å². The Kier molecular flexibility index (Phi) is 8.57. The lowest BCUT2D eigenvalue weighted by molar-refractivity contribution is 0.315. The minimum Gasteiger partial charge on any atom is -0.351 e. The van der Waals surface area contributed by atoms with Crippen molar-refractivity contribution in [3.8, 4) is 0 Å². The topological polar surface area (TPSA) is 53.0 Å². The van der Waals surface area contributed by atoms with Crippen molar-refractivity contribution in [1.29, 1.82) is 0 Å². The Morgan fingerprint density at radius 3 is 2.27 bits per heavy atom. The van der Waals surface area contributed by atoms with Gasteiger partial charge in [0.25, 0.3) is 0 Å². The molecule has 182 valence electrons. The summed E-state index contributed by atoms with van der Waals surface area (Å²) < 4.78 is 28.8. The highest BCUT2D eigenvalue weighted by Crippen LogP contribution is 2.32. The Morgan fingerprint density at radius 1 is 1.09 bits per heavy atom. The number of hydrogen-bond acceptors (Lipinski definition) is 4. The molecule has 1 atom stereocenters. The van der Waals surface area contributed by atoms with Gasteiger partial charge in [-0.1, -0.05) is 45.9 Å². The Hall–Kier alpha value is -1.92. The van der Waals surface area contributed by atoms with Crippen molar-refractivity contribution in [3.05, 3.63) is 53.2 Å². The zero-order valence-electron chi connectivity index (χ0n) is 21.2. The SMILES string of the molecule is CCC(=Nc1ccc(C(C)C)cc1)C1CCN(S(=O)(=O)C2=CN(C(C)C)C=CCC2C)CC1. The minimum absolute atomic E-state index is 0.0192. The van der Waals surface area contributed by atoms with E-state index in [0.29, 0.717) is 29.8 Å². The second-order valence-corrected chi connectivity index (χ2v) is 11.9. The van der Waals surface area contributed by atoms with Crippen molar-refractivity contribution in [3.63, 3.8) is 0 Å². The molecule has 1 unspecified atom stereocenters. The van der Waals surface area contributed by atoms with Crippen LogP contribution in [0.4, 0.5) is 5.69 Å². The number of aliphatic imine (C=N–C) groups is 1. The largest absolute Gasteiger partial charge is 0.351 e. The van der Waals surface area contributed by atoms with E-state index in [0.717, 1.165) is 31.4 Å². The third kappa shape index (κ3) is 6.15. The molecule has 3 rings (SSSR count). The predicted octanol–water partition coefficient (Wildman–Crippen LogP) is 6.44. The van der Waals surface area contributed by atoms with Crippen LogP contribution in [0, 0.1) is 11.8 Å². The van der Waals surface area contributed by atoms with Crippen LogP contribution >= 0.6 is 0 Å². The van der Waals surface area contributed by atoms with Crippen LogP contribution in [0.3, 0.4) is 0 Å². The molecular weight excluding hydrogens is 430 g/mol. The first kappa shape index (κ1) is 25.7. The fourth-order valence-electron chi connectivity index (χ4n) is 4.60. The third-order valence-electron chi connectivity index (χ3n) is 6.88. The predicted molar refractivity (Wildman–Crippen MR) is 139 cm³/mol. The Morgan fingerprint density at radius 2 is 1.73 bits per heavy atom. The average molecular weight is 472 g/mol. The summed E-state index contributed by atoms with van der Waals surface area (Å²) in [4.78, 5) is 7.50. The molecule has 0 amide bonds. The number of piperidine rings is 1. The van der Waals surface area contributed by atoms with E-state index in [9.17, 15) is 8.42 Å². The summed E-state index contributed by atoms with van der Waals surface area (Å²) in [7, 11) is -3.48. The Bertz CT molecular complexity index is 983. The number of rotatable bonds is 7. The summed E-state index contributed by atoms with van der Waals surface area (Å²) >= 11 is 0. The molecule has 1 aromatic carbocycles. The van der Waals surface area contributed by atoms with Gasteiger partial charge in [0, 0.05) is 31.0 Å². The third-order valence-corrected chi connectivity index (χ3v) is 9.03. The first-order valence-corrected chi connectivity index (χ1v) is 13.9. The van der Waals surface area contributed by atoms with Gasteiger partial charge < -0.3 is 4.90 Å². The van der Waals surface area contributed by atoms with E-state index in [2.05, 4.69) is 65.0 Å². The fourth-order valence-corrected chi connectivity index (χ4v) is 6.45. The van der Waals surface area contributed by atoms with E-state index in [1.54, 1.807) is 4.31 Å². The van der Waals surface area contributed by atoms with Gasteiger partial charge in [-0.2, -0.15) is 4.31 Å². The molecule has 6 heteroatoms. The molecule has 0 aromatic heterocycles. The second-order valence-electron chi connectivity index (χ2n) is 9.98. The van der Waals surface area contributed by atoms with E-state index in [4.69, 9.17) is 4.99 Å². The average Bonchev–Trinajstić information content (AvgIpc) is 3.00.